The Labute approximate surface area is 176 Å². The van der Waals surface area contributed by atoms with E-state index >= 15 is 0 Å². The Morgan fingerprint density at radius 2 is 1.87 bits per heavy atom. The third-order valence-electron chi connectivity index (χ3n) is 6.14. The van der Waals surface area contributed by atoms with E-state index in [0.717, 1.165) is 19.4 Å². The van der Waals surface area contributed by atoms with Gasteiger partial charge in [0.25, 0.3) is 0 Å². The highest BCUT2D eigenvalue weighted by molar-refractivity contribution is 5.90. The lowest BCUT2D eigenvalue weighted by molar-refractivity contribution is -0.134. The van der Waals surface area contributed by atoms with Gasteiger partial charge in [-0.15, -0.1) is 0 Å². The number of nitrogens with zero attached hydrogens (tertiary/aromatic N) is 2. The molecule has 0 unspecified atom stereocenters. The van der Waals surface area contributed by atoms with Crippen LogP contribution in [0, 0.1) is 5.92 Å². The van der Waals surface area contributed by atoms with E-state index in [2.05, 4.69) is 54.8 Å². The van der Waals surface area contributed by atoms with Crippen LogP contribution < -0.4 is 0 Å². The minimum Gasteiger partial charge on any atom is -0.478 e. The fourth-order valence-electron chi connectivity index (χ4n) is 4.89. The summed E-state index contributed by atoms with van der Waals surface area (Å²) in [7, 11) is 2.23. The fraction of sp³-hybridized carbons (Fsp3) is 0.478. The van der Waals surface area contributed by atoms with Gasteiger partial charge in [-0.3, -0.25) is 0 Å². The lowest BCUT2D eigenvalue weighted by Crippen LogP contribution is -2.48. The number of rotatable bonds is 4. The van der Waals surface area contributed by atoms with Gasteiger partial charge in [0.05, 0.1) is 0 Å². The minimum atomic E-state index is -1.26. The Morgan fingerprint density at radius 3 is 2.43 bits per heavy atom. The van der Waals surface area contributed by atoms with Crippen molar-refractivity contribution >= 4 is 22.8 Å². The fourth-order valence-corrected chi connectivity index (χ4v) is 4.89. The lowest BCUT2D eigenvalue weighted by atomic mass is 9.72. The van der Waals surface area contributed by atoms with Crippen LogP contribution in [-0.2, 0) is 16.0 Å². The van der Waals surface area contributed by atoms with Gasteiger partial charge in [0, 0.05) is 60.4 Å². The zero-order chi connectivity index (χ0) is 22.0. The second-order valence-electron chi connectivity index (χ2n) is 8.51. The summed E-state index contributed by atoms with van der Waals surface area (Å²) < 4.78 is 2.43. The monoisotopic (exact) mass is 414 g/mol. The molecule has 2 aliphatic rings. The highest BCUT2D eigenvalue weighted by atomic mass is 16.4. The molecule has 0 saturated carbocycles. The van der Waals surface area contributed by atoms with E-state index in [9.17, 15) is 14.7 Å². The number of hydrogen-bond acceptors (Lipinski definition) is 4. The number of piperidine rings is 1. The maximum Gasteiger partial charge on any atom is 0.328 e. The second-order valence-corrected chi connectivity index (χ2v) is 8.51. The van der Waals surface area contributed by atoms with Gasteiger partial charge in [-0.2, -0.15) is 0 Å². The lowest BCUT2D eigenvalue weighted by Gasteiger charge is -2.45. The first-order valence-corrected chi connectivity index (χ1v) is 10.3. The van der Waals surface area contributed by atoms with Gasteiger partial charge in [0.15, 0.2) is 0 Å². The summed E-state index contributed by atoms with van der Waals surface area (Å²) in [5.74, 6) is -1.54. The standard InChI is InChI=1S/C19H26N2O.C4H4O4/c1-12(2)21-10-14-8-18-16(7-13(11-22)9-20(18)3)15-5-4-6-17(21)19(14)15;5-3(6)1-2-4(7)8/h4-6,10,12-13,16,18,22H,7-9,11H2,1-3H3;1-2H,(H,5,6)(H,7,8)/b;2-1-/t13-,16-,18-;/m1./s1. The van der Waals surface area contributed by atoms with E-state index in [1.54, 1.807) is 0 Å². The first-order chi connectivity index (χ1) is 14.2. The van der Waals surface area contributed by atoms with Gasteiger partial charge >= 0.3 is 11.9 Å². The van der Waals surface area contributed by atoms with Crippen molar-refractivity contribution in [3.05, 3.63) is 47.7 Å². The van der Waals surface area contributed by atoms with Crippen molar-refractivity contribution in [2.75, 3.05) is 20.2 Å². The molecule has 4 rings (SSSR count). The third kappa shape index (κ3) is 4.42. The molecule has 2 heterocycles. The molecule has 1 aromatic carbocycles. The highest BCUT2D eigenvalue weighted by Crippen LogP contribution is 2.45. The first-order valence-electron chi connectivity index (χ1n) is 10.3. The molecule has 0 spiro atoms. The number of likely N-dealkylation sites (N-methyl/N-ethyl adjacent to an activating group) is 1. The number of benzene rings is 1. The van der Waals surface area contributed by atoms with Crippen molar-refractivity contribution in [2.24, 2.45) is 5.92 Å². The van der Waals surface area contributed by atoms with Crippen LogP contribution >= 0.6 is 0 Å². The molecule has 7 nitrogen and oxygen atoms in total. The maximum absolute atomic E-state index is 9.63. The van der Waals surface area contributed by atoms with Crippen LogP contribution in [0.3, 0.4) is 0 Å². The van der Waals surface area contributed by atoms with Crippen LogP contribution in [0.1, 0.15) is 43.4 Å². The molecule has 0 radical (unpaired) electrons. The van der Waals surface area contributed by atoms with Crippen molar-refractivity contribution in [2.45, 2.75) is 44.7 Å². The molecule has 3 atom stereocenters. The van der Waals surface area contributed by atoms with Gasteiger partial charge in [-0.25, -0.2) is 9.59 Å². The summed E-state index contributed by atoms with van der Waals surface area (Å²) in [5, 5.41) is 26.7. The zero-order valence-corrected chi connectivity index (χ0v) is 17.7. The molecule has 1 saturated heterocycles. The Morgan fingerprint density at radius 1 is 1.20 bits per heavy atom. The van der Waals surface area contributed by atoms with E-state index < -0.39 is 11.9 Å². The molecule has 1 aliphatic heterocycles. The average Bonchev–Trinajstić information content (AvgIpc) is 3.08. The largest absolute Gasteiger partial charge is 0.478 e. The third-order valence-corrected chi connectivity index (χ3v) is 6.14. The molecule has 3 N–H and O–H groups in total. The topological polar surface area (TPSA) is 103 Å². The van der Waals surface area contributed by atoms with E-state index in [0.29, 0.717) is 42.7 Å². The number of aliphatic hydroxyl groups excluding tert-OH is 1. The van der Waals surface area contributed by atoms with Gasteiger partial charge in [-0.05, 0) is 56.8 Å². The number of fused-ring (bicyclic) bond motifs is 2. The SMILES string of the molecule is CC(C)n1cc2c3c(cccc31)[C@H]1C[C@@H](CO)CN(C)[C@@H]1C2.O=C(O)/C=C\C(=O)O. The predicted molar refractivity (Wildman–Crippen MR) is 115 cm³/mol. The van der Waals surface area contributed by atoms with Crippen molar-refractivity contribution in [1.82, 2.24) is 9.47 Å². The minimum absolute atomic E-state index is 0.309. The number of carboxylic acid groups (broad SMARTS) is 2. The van der Waals surface area contributed by atoms with E-state index in [1.807, 2.05) is 0 Å². The van der Waals surface area contributed by atoms with Crippen LogP contribution in [0.4, 0.5) is 0 Å². The second kappa shape index (κ2) is 9.02. The van der Waals surface area contributed by atoms with Crippen LogP contribution in [0.15, 0.2) is 36.5 Å². The quantitative estimate of drug-likeness (QED) is 0.665. The summed E-state index contributed by atoms with van der Waals surface area (Å²) in [5.41, 5.74) is 4.40. The number of carboxylic acids is 2. The number of aliphatic hydroxyl groups is 1. The predicted octanol–water partition coefficient (Wildman–Crippen LogP) is 2.89. The highest BCUT2D eigenvalue weighted by Gasteiger charge is 2.39. The van der Waals surface area contributed by atoms with Gasteiger partial charge in [0.2, 0.25) is 0 Å². The Kier molecular flexibility index (Phi) is 6.63. The van der Waals surface area contributed by atoms with E-state index in [-0.39, 0.29) is 0 Å². The van der Waals surface area contributed by atoms with Crippen molar-refractivity contribution in [3.8, 4) is 0 Å². The molecule has 1 aromatic heterocycles. The molecule has 1 fully saturated rings. The molecule has 1 aliphatic carbocycles. The molecule has 30 heavy (non-hydrogen) atoms. The molecule has 7 heteroatoms. The van der Waals surface area contributed by atoms with E-state index in [4.69, 9.17) is 10.2 Å². The zero-order valence-electron chi connectivity index (χ0n) is 17.7. The number of hydrogen-bond donors (Lipinski definition) is 3. The van der Waals surface area contributed by atoms with Crippen LogP contribution in [-0.4, -0.2) is 63.0 Å². The molecular formula is C23H30N2O5. The smallest absolute Gasteiger partial charge is 0.328 e. The maximum atomic E-state index is 9.63. The summed E-state index contributed by atoms with van der Waals surface area (Å²) in [4.78, 5) is 21.6. The Balaban J connectivity index is 0.000000275. The molecule has 0 amide bonds. The van der Waals surface area contributed by atoms with Crippen molar-refractivity contribution in [1.29, 1.82) is 0 Å². The molecule has 2 aromatic rings. The van der Waals surface area contributed by atoms with Crippen LogP contribution in [0.2, 0.25) is 0 Å². The van der Waals surface area contributed by atoms with Gasteiger partial charge in [0.1, 0.15) is 0 Å². The van der Waals surface area contributed by atoms with Gasteiger partial charge < -0.3 is 24.8 Å². The first kappa shape index (κ1) is 22.1. The van der Waals surface area contributed by atoms with E-state index in [1.165, 1.54) is 22.0 Å². The summed E-state index contributed by atoms with van der Waals surface area (Å²) >= 11 is 0. The van der Waals surface area contributed by atoms with Crippen LogP contribution in [0.5, 0.6) is 0 Å². The number of aliphatic carboxylic acids is 2. The molecule has 162 valence electrons. The van der Waals surface area contributed by atoms with Crippen molar-refractivity contribution in [3.63, 3.8) is 0 Å². The average molecular weight is 415 g/mol. The summed E-state index contributed by atoms with van der Waals surface area (Å²) in [6.07, 6.45) is 5.76. The van der Waals surface area contributed by atoms with Crippen LogP contribution in [0.25, 0.3) is 10.9 Å². The number of aromatic nitrogens is 1. The summed E-state index contributed by atoms with van der Waals surface area (Å²) in [6, 6.07) is 7.88. The normalized spacial score (nSPS) is 23.3. The molecule has 0 bridgehead atoms. The van der Waals surface area contributed by atoms with Gasteiger partial charge in [-0.1, -0.05) is 12.1 Å². The Bertz CT molecular complexity index is 946. The Hall–Kier alpha value is -2.64. The van der Waals surface area contributed by atoms with Crippen molar-refractivity contribution < 1.29 is 24.9 Å². The number of carbonyl (C=O) groups is 2. The number of likely N-dealkylation sites (tertiary alicyclic amines) is 1. The molecular weight excluding hydrogens is 384 g/mol. The summed E-state index contributed by atoms with van der Waals surface area (Å²) in [6.45, 7) is 5.85.